The fourth-order valence-corrected chi connectivity index (χ4v) is 2.47. The Morgan fingerprint density at radius 3 is 2.90 bits per heavy atom. The Kier molecular flexibility index (Phi) is 3.48. The highest BCUT2D eigenvalue weighted by Crippen LogP contribution is 2.31. The molecule has 0 radical (unpaired) electrons. The van der Waals surface area contributed by atoms with Gasteiger partial charge in [-0.3, -0.25) is 4.79 Å². The molecule has 0 spiro atoms. The number of nitrogens with one attached hydrogen (secondary N) is 1. The summed E-state index contributed by atoms with van der Waals surface area (Å²) in [7, 11) is 0. The number of hydrogen-bond donors (Lipinski definition) is 2. The zero-order valence-corrected chi connectivity index (χ0v) is 11.3. The van der Waals surface area contributed by atoms with Crippen molar-refractivity contribution in [1.29, 1.82) is 0 Å². The molecule has 5 heteroatoms. The van der Waals surface area contributed by atoms with E-state index in [1.807, 2.05) is 24.3 Å². The number of anilines is 1. The Bertz CT molecular complexity index is 688. The van der Waals surface area contributed by atoms with Crippen LogP contribution in [0.1, 0.15) is 28.4 Å². The number of nitrogen functional groups attached to an aromatic ring is 1. The molecule has 0 fully saturated rings. The van der Waals surface area contributed by atoms with E-state index in [1.54, 1.807) is 0 Å². The first-order chi connectivity index (χ1) is 10.1. The van der Waals surface area contributed by atoms with Crippen LogP contribution in [0.3, 0.4) is 0 Å². The minimum absolute atomic E-state index is 0.132. The van der Waals surface area contributed by atoms with Crippen LogP contribution in [0, 0.1) is 5.82 Å². The normalized spacial score (nSPS) is 16.7. The Morgan fingerprint density at radius 1 is 1.29 bits per heavy atom. The second-order valence-electron chi connectivity index (χ2n) is 4.93. The maximum absolute atomic E-state index is 13.0. The molecule has 108 valence electrons. The Labute approximate surface area is 121 Å². The third-order valence-electron chi connectivity index (χ3n) is 3.52. The molecule has 0 saturated heterocycles. The zero-order valence-electron chi connectivity index (χ0n) is 11.3. The molecular weight excluding hydrogens is 271 g/mol. The van der Waals surface area contributed by atoms with Crippen molar-refractivity contribution >= 4 is 11.6 Å². The highest BCUT2D eigenvalue weighted by molar-refractivity contribution is 5.99. The number of hydrogen-bond acceptors (Lipinski definition) is 3. The molecule has 0 aliphatic carbocycles. The van der Waals surface area contributed by atoms with Crippen LogP contribution < -0.4 is 15.8 Å². The van der Waals surface area contributed by atoms with E-state index in [4.69, 9.17) is 10.5 Å². The average molecular weight is 286 g/mol. The molecule has 1 unspecified atom stereocenters. The highest BCUT2D eigenvalue weighted by atomic mass is 19.1. The van der Waals surface area contributed by atoms with Crippen LogP contribution in [0.25, 0.3) is 0 Å². The van der Waals surface area contributed by atoms with Gasteiger partial charge in [0.1, 0.15) is 11.6 Å². The van der Waals surface area contributed by atoms with E-state index in [1.165, 1.54) is 12.1 Å². The molecule has 3 rings (SSSR count). The van der Waals surface area contributed by atoms with Crippen LogP contribution >= 0.6 is 0 Å². The van der Waals surface area contributed by atoms with Crippen LogP contribution in [0.4, 0.5) is 10.1 Å². The third-order valence-corrected chi connectivity index (χ3v) is 3.52. The monoisotopic (exact) mass is 286 g/mol. The molecule has 0 aromatic heterocycles. The average Bonchev–Trinajstić information content (AvgIpc) is 2.47. The molecule has 1 aliphatic rings. The van der Waals surface area contributed by atoms with E-state index in [-0.39, 0.29) is 23.2 Å². The second-order valence-corrected chi connectivity index (χ2v) is 4.93. The molecule has 4 nitrogen and oxygen atoms in total. The van der Waals surface area contributed by atoms with E-state index >= 15 is 0 Å². The Morgan fingerprint density at radius 2 is 2.10 bits per heavy atom. The molecule has 2 aromatic carbocycles. The summed E-state index contributed by atoms with van der Waals surface area (Å²) in [6.45, 7) is 0.543. The lowest BCUT2D eigenvalue weighted by Crippen LogP contribution is -2.32. The van der Waals surface area contributed by atoms with Crippen molar-refractivity contribution in [1.82, 2.24) is 5.32 Å². The molecule has 21 heavy (non-hydrogen) atoms. The van der Waals surface area contributed by atoms with Gasteiger partial charge in [0.05, 0.1) is 18.2 Å². The fraction of sp³-hybridized carbons (Fsp3) is 0.188. The highest BCUT2D eigenvalue weighted by Gasteiger charge is 2.23. The second kappa shape index (κ2) is 5.44. The summed E-state index contributed by atoms with van der Waals surface area (Å²) in [5, 5.41) is 2.93. The van der Waals surface area contributed by atoms with Crippen molar-refractivity contribution in [3.63, 3.8) is 0 Å². The minimum atomic E-state index is -0.458. The van der Waals surface area contributed by atoms with Gasteiger partial charge < -0.3 is 15.8 Å². The number of para-hydroxylation sites is 1. The van der Waals surface area contributed by atoms with Crippen molar-refractivity contribution < 1.29 is 13.9 Å². The number of ether oxygens (including phenoxy) is 1. The van der Waals surface area contributed by atoms with Gasteiger partial charge in [-0.25, -0.2) is 4.39 Å². The SMILES string of the molecule is Nc1cc(F)ccc1C(=O)NC1CCOc2ccccc21. The summed E-state index contributed by atoms with van der Waals surface area (Å²) < 4.78 is 18.6. The van der Waals surface area contributed by atoms with Crippen molar-refractivity contribution in [3.8, 4) is 5.75 Å². The third kappa shape index (κ3) is 2.67. The number of amides is 1. The van der Waals surface area contributed by atoms with Crippen molar-refractivity contribution in [3.05, 3.63) is 59.4 Å². The molecule has 1 atom stereocenters. The van der Waals surface area contributed by atoms with Gasteiger partial charge >= 0.3 is 0 Å². The van der Waals surface area contributed by atoms with Gasteiger partial charge in [-0.1, -0.05) is 18.2 Å². The number of rotatable bonds is 2. The van der Waals surface area contributed by atoms with Gasteiger partial charge in [0.25, 0.3) is 5.91 Å². The van der Waals surface area contributed by atoms with Crippen molar-refractivity contribution in [2.24, 2.45) is 0 Å². The lowest BCUT2D eigenvalue weighted by molar-refractivity contribution is 0.0925. The number of halogens is 1. The van der Waals surface area contributed by atoms with E-state index < -0.39 is 5.82 Å². The maximum Gasteiger partial charge on any atom is 0.253 e. The molecule has 0 bridgehead atoms. The quantitative estimate of drug-likeness (QED) is 0.834. The molecule has 3 N–H and O–H groups in total. The molecular formula is C16H15FN2O2. The largest absolute Gasteiger partial charge is 0.493 e. The lowest BCUT2D eigenvalue weighted by atomic mass is 10.00. The van der Waals surface area contributed by atoms with E-state index in [2.05, 4.69) is 5.32 Å². The van der Waals surface area contributed by atoms with Gasteiger partial charge in [0.15, 0.2) is 0 Å². The molecule has 2 aromatic rings. The predicted octanol–water partition coefficient (Wildman–Crippen LogP) is 2.66. The number of fused-ring (bicyclic) bond motifs is 1. The first-order valence-electron chi connectivity index (χ1n) is 6.73. The smallest absolute Gasteiger partial charge is 0.253 e. The first-order valence-corrected chi connectivity index (χ1v) is 6.73. The van der Waals surface area contributed by atoms with Crippen molar-refractivity contribution in [2.45, 2.75) is 12.5 Å². The molecule has 1 aliphatic heterocycles. The van der Waals surface area contributed by atoms with Crippen LogP contribution in [-0.2, 0) is 0 Å². The summed E-state index contributed by atoms with van der Waals surface area (Å²) in [5.41, 5.74) is 7.05. The summed E-state index contributed by atoms with van der Waals surface area (Å²) in [6, 6.07) is 11.2. The van der Waals surface area contributed by atoms with Gasteiger partial charge in [-0.15, -0.1) is 0 Å². The van der Waals surface area contributed by atoms with E-state index in [9.17, 15) is 9.18 Å². The Balaban J connectivity index is 1.83. The minimum Gasteiger partial charge on any atom is -0.493 e. The lowest BCUT2D eigenvalue weighted by Gasteiger charge is -2.26. The molecule has 1 heterocycles. The standard InChI is InChI=1S/C16H15FN2O2/c17-10-5-6-11(13(18)9-10)16(20)19-14-7-8-21-15-4-2-1-3-12(14)15/h1-6,9,14H,7-8,18H2,(H,19,20). The first kappa shape index (κ1) is 13.4. The van der Waals surface area contributed by atoms with Gasteiger partial charge in [-0.2, -0.15) is 0 Å². The number of carbonyl (C=O) groups excluding carboxylic acids is 1. The summed E-state index contributed by atoms with van der Waals surface area (Å²) >= 11 is 0. The van der Waals surface area contributed by atoms with E-state index in [0.29, 0.717) is 13.0 Å². The molecule has 1 amide bonds. The van der Waals surface area contributed by atoms with E-state index in [0.717, 1.165) is 17.4 Å². The van der Waals surface area contributed by atoms with Gasteiger partial charge in [0.2, 0.25) is 0 Å². The number of benzene rings is 2. The van der Waals surface area contributed by atoms with Crippen LogP contribution in [0.5, 0.6) is 5.75 Å². The predicted molar refractivity (Wildman–Crippen MR) is 77.6 cm³/mol. The Hall–Kier alpha value is -2.56. The molecule has 0 saturated carbocycles. The fourth-order valence-electron chi connectivity index (χ4n) is 2.47. The number of nitrogens with two attached hydrogens (primary N) is 1. The summed E-state index contributed by atoms with van der Waals surface area (Å²) in [6.07, 6.45) is 0.684. The zero-order chi connectivity index (χ0) is 14.8. The van der Waals surface area contributed by atoms with Crippen LogP contribution in [0.2, 0.25) is 0 Å². The van der Waals surface area contributed by atoms with Gasteiger partial charge in [-0.05, 0) is 24.3 Å². The summed E-state index contributed by atoms with van der Waals surface area (Å²) in [5.74, 6) is 0.00999. The van der Waals surface area contributed by atoms with Crippen LogP contribution in [0.15, 0.2) is 42.5 Å². The topological polar surface area (TPSA) is 64.4 Å². The van der Waals surface area contributed by atoms with Crippen LogP contribution in [-0.4, -0.2) is 12.5 Å². The van der Waals surface area contributed by atoms with Gasteiger partial charge in [0, 0.05) is 17.7 Å². The van der Waals surface area contributed by atoms with Crippen molar-refractivity contribution in [2.75, 3.05) is 12.3 Å². The summed E-state index contributed by atoms with van der Waals surface area (Å²) in [4.78, 5) is 12.3. The maximum atomic E-state index is 13.0. The number of carbonyl (C=O) groups is 1.